The van der Waals surface area contributed by atoms with Gasteiger partial charge in [-0.2, -0.15) is 34.8 Å². The monoisotopic (exact) mass is 368 g/mol. The number of alkyl halides is 6. The van der Waals surface area contributed by atoms with Gasteiger partial charge in [0.2, 0.25) is 0 Å². The molecule has 0 fully saturated rings. The molecule has 1 N–H and O–H groups in total. The van der Waals surface area contributed by atoms with Crippen LogP contribution in [0, 0.1) is 13.8 Å². The summed E-state index contributed by atoms with van der Waals surface area (Å²) in [5.74, 6) is -6.32. The van der Waals surface area contributed by atoms with E-state index in [2.05, 4.69) is 0 Å². The molecule has 0 aliphatic heterocycles. The van der Waals surface area contributed by atoms with Crippen LogP contribution in [-0.4, -0.2) is 29.4 Å². The van der Waals surface area contributed by atoms with E-state index in [0.29, 0.717) is 5.56 Å². The molecule has 1 rings (SSSR count). The van der Waals surface area contributed by atoms with Gasteiger partial charge in [-0.25, -0.2) is 0 Å². The van der Waals surface area contributed by atoms with Crippen LogP contribution in [-0.2, 0) is 10.1 Å². The lowest BCUT2D eigenvalue weighted by molar-refractivity contribution is -0.242. The van der Waals surface area contributed by atoms with Crippen molar-refractivity contribution < 1.29 is 39.3 Å². The van der Waals surface area contributed by atoms with Crippen LogP contribution in [0.5, 0.6) is 0 Å². The first-order valence-electron chi connectivity index (χ1n) is 5.50. The molecular weight excluding hydrogens is 358 g/mol. The summed E-state index contributed by atoms with van der Waals surface area (Å²) >= 11 is -0.908. The Kier molecular flexibility index (Phi) is 4.87. The fraction of sp³-hybridized carbons (Fsp3) is 0.455. The van der Waals surface area contributed by atoms with Crippen LogP contribution in [0.3, 0.4) is 0 Å². The van der Waals surface area contributed by atoms with E-state index in [1.165, 1.54) is 19.1 Å². The molecule has 0 radical (unpaired) electrons. The molecule has 0 bridgehead atoms. The van der Waals surface area contributed by atoms with Gasteiger partial charge in [0.05, 0.1) is 0 Å². The van der Waals surface area contributed by atoms with Gasteiger partial charge in [-0.05, 0) is 37.2 Å². The minimum Gasteiger partial charge on any atom is -0.281 e. The summed E-state index contributed by atoms with van der Waals surface area (Å²) in [5, 5.41) is -11.8. The van der Waals surface area contributed by atoms with Crippen molar-refractivity contribution in [3.8, 4) is 0 Å². The summed E-state index contributed by atoms with van der Waals surface area (Å²) in [6.45, 7) is 2.89. The summed E-state index contributed by atoms with van der Waals surface area (Å²) < 4.78 is 108. The number of thioether (sulfide) groups is 1. The van der Waals surface area contributed by atoms with E-state index in [-0.39, 0.29) is 5.56 Å². The zero-order chi connectivity index (χ0) is 17.6. The van der Waals surface area contributed by atoms with Gasteiger partial charge in [-0.15, -0.1) is 0 Å². The van der Waals surface area contributed by atoms with Gasteiger partial charge >= 0.3 is 26.5 Å². The highest BCUT2D eigenvalue weighted by atomic mass is 32.2. The number of aryl methyl sites for hydroxylation is 2. The van der Waals surface area contributed by atoms with E-state index >= 15 is 0 Å². The fourth-order valence-corrected chi connectivity index (χ4v) is 2.85. The van der Waals surface area contributed by atoms with Crippen LogP contribution in [0.2, 0.25) is 0 Å². The van der Waals surface area contributed by atoms with Gasteiger partial charge in [0, 0.05) is 4.90 Å². The quantitative estimate of drug-likeness (QED) is 0.483. The van der Waals surface area contributed by atoms with E-state index in [1.807, 2.05) is 0 Å². The van der Waals surface area contributed by atoms with Gasteiger partial charge in [-0.3, -0.25) is 4.55 Å². The predicted molar refractivity (Wildman–Crippen MR) is 68.2 cm³/mol. The lowest BCUT2D eigenvalue weighted by Crippen LogP contribution is -2.56. The molecule has 1 aromatic carbocycles. The first-order valence-corrected chi connectivity index (χ1v) is 7.76. The summed E-state index contributed by atoms with van der Waals surface area (Å²) in [4.78, 5) is -0.429. The highest BCUT2D eigenvalue weighted by Gasteiger charge is 2.78. The minimum atomic E-state index is -6.73. The summed E-state index contributed by atoms with van der Waals surface area (Å²) in [6, 6.07) is 3.67. The smallest absolute Gasteiger partial charge is 0.281 e. The second kappa shape index (κ2) is 5.60. The molecule has 0 amide bonds. The molecule has 0 saturated carbocycles. The van der Waals surface area contributed by atoms with E-state index in [9.17, 15) is 34.8 Å². The Morgan fingerprint density at radius 3 is 1.95 bits per heavy atom. The maximum atomic E-state index is 13.6. The fourth-order valence-electron chi connectivity index (χ4n) is 1.45. The van der Waals surface area contributed by atoms with Crippen molar-refractivity contribution in [3.63, 3.8) is 0 Å². The Balaban J connectivity index is 3.27. The number of benzene rings is 1. The third kappa shape index (κ3) is 3.20. The molecule has 0 aliphatic rings. The van der Waals surface area contributed by atoms with Gasteiger partial charge in [-0.1, -0.05) is 17.7 Å². The Morgan fingerprint density at radius 2 is 1.55 bits per heavy atom. The topological polar surface area (TPSA) is 54.4 Å². The van der Waals surface area contributed by atoms with E-state index in [1.54, 1.807) is 6.92 Å². The molecule has 0 saturated heterocycles. The van der Waals surface area contributed by atoms with Crippen molar-refractivity contribution in [1.82, 2.24) is 0 Å². The molecule has 3 nitrogen and oxygen atoms in total. The molecule has 1 aromatic rings. The zero-order valence-electron chi connectivity index (χ0n) is 11.1. The van der Waals surface area contributed by atoms with E-state index in [4.69, 9.17) is 4.55 Å². The van der Waals surface area contributed by atoms with Gasteiger partial charge in [0.15, 0.2) is 0 Å². The van der Waals surface area contributed by atoms with Crippen molar-refractivity contribution in [2.75, 3.05) is 0 Å². The van der Waals surface area contributed by atoms with Gasteiger partial charge in [0.25, 0.3) is 0 Å². The average molecular weight is 368 g/mol. The third-order valence-electron chi connectivity index (χ3n) is 2.62. The Morgan fingerprint density at radius 1 is 1.05 bits per heavy atom. The largest absolute Gasteiger partial charge is 0.438 e. The van der Waals surface area contributed by atoms with E-state index in [0.717, 1.165) is 6.07 Å². The highest BCUT2D eigenvalue weighted by Crippen LogP contribution is 2.55. The Hall–Kier alpha value is -0.940. The maximum absolute atomic E-state index is 13.6. The molecular formula is C11H10F6O3S2. The molecule has 0 unspecified atom stereocenters. The first-order chi connectivity index (χ1) is 9.63. The molecule has 0 atom stereocenters. The Labute approximate surface area is 126 Å². The molecule has 0 spiro atoms. The van der Waals surface area contributed by atoms with Gasteiger partial charge < -0.3 is 0 Å². The van der Waals surface area contributed by atoms with Crippen LogP contribution in [0.15, 0.2) is 23.1 Å². The molecule has 0 aromatic heterocycles. The Bertz CT molecular complexity index is 672. The van der Waals surface area contributed by atoms with Crippen molar-refractivity contribution >= 4 is 21.9 Å². The minimum absolute atomic E-state index is 0.121. The number of hydrogen-bond acceptors (Lipinski definition) is 3. The second-order valence-electron chi connectivity index (χ2n) is 4.45. The van der Waals surface area contributed by atoms with Crippen molar-refractivity contribution in [2.24, 2.45) is 0 Å². The summed E-state index contributed by atoms with van der Waals surface area (Å²) in [7, 11) is -6.73. The average Bonchev–Trinajstić information content (AvgIpc) is 2.30. The van der Waals surface area contributed by atoms with Crippen molar-refractivity contribution in [1.29, 1.82) is 0 Å². The third-order valence-corrected chi connectivity index (χ3v) is 4.72. The van der Waals surface area contributed by atoms with Crippen LogP contribution < -0.4 is 0 Å². The molecule has 0 aliphatic carbocycles. The first kappa shape index (κ1) is 19.1. The van der Waals surface area contributed by atoms with Crippen LogP contribution in [0.1, 0.15) is 11.1 Å². The zero-order valence-corrected chi connectivity index (χ0v) is 12.7. The second-order valence-corrected chi connectivity index (χ2v) is 7.07. The van der Waals surface area contributed by atoms with E-state index < -0.39 is 43.2 Å². The van der Waals surface area contributed by atoms with Gasteiger partial charge in [0.1, 0.15) is 0 Å². The lowest BCUT2D eigenvalue weighted by Gasteiger charge is -2.30. The van der Waals surface area contributed by atoms with Crippen LogP contribution >= 0.6 is 11.8 Å². The molecule has 126 valence electrons. The summed E-state index contributed by atoms with van der Waals surface area (Å²) in [5.41, 5.74) is 0.746. The molecule has 11 heteroatoms. The molecule has 0 heterocycles. The summed E-state index contributed by atoms with van der Waals surface area (Å²) in [6.07, 6.45) is 0. The van der Waals surface area contributed by atoms with Crippen LogP contribution in [0.25, 0.3) is 0 Å². The van der Waals surface area contributed by atoms with Crippen molar-refractivity contribution in [3.05, 3.63) is 29.3 Å². The normalized spacial score (nSPS) is 14.2. The number of hydrogen-bond donors (Lipinski definition) is 1. The van der Waals surface area contributed by atoms with Crippen LogP contribution in [0.4, 0.5) is 26.3 Å². The number of rotatable bonds is 5. The van der Waals surface area contributed by atoms with Crippen molar-refractivity contribution in [2.45, 2.75) is 35.2 Å². The standard InChI is InChI=1S/C11H10F6O3S2/c1-6-3-4-8(7(2)5-6)21-10(14,15)9(12,13)11(16,17)22(18,19)20/h3-5H,1-2H3,(H,18,19,20). The molecule has 22 heavy (non-hydrogen) atoms. The highest BCUT2D eigenvalue weighted by molar-refractivity contribution is 8.00. The SMILES string of the molecule is Cc1ccc(SC(F)(F)C(F)(F)C(F)(F)S(=O)(=O)O)c(C)c1. The predicted octanol–water partition coefficient (Wildman–Crippen LogP) is 4.10. The lowest BCUT2D eigenvalue weighted by atomic mass is 10.2. The number of halogens is 6. The maximum Gasteiger partial charge on any atom is 0.438 e.